The van der Waals surface area contributed by atoms with E-state index in [-0.39, 0.29) is 12.5 Å². The Labute approximate surface area is 158 Å². The standard InChI is InChI=1S/C20H21NO4S/c1-24-19(22)18(10-11-26)21-20(23)25-12-17-15-8-4-2-6-13(15)14-7-3-5-9-16(14)17/h2-9,17-18,26H,10-12H2,1H3,(H,21,23)/t18-/m0/s1. The molecular formula is C20H21NO4S. The molecule has 2 aromatic carbocycles. The van der Waals surface area contributed by atoms with Gasteiger partial charge in [-0.1, -0.05) is 48.5 Å². The van der Waals surface area contributed by atoms with Crippen LogP contribution in [0.4, 0.5) is 4.79 Å². The highest BCUT2D eigenvalue weighted by atomic mass is 32.1. The average Bonchev–Trinajstić information content (AvgIpc) is 2.99. The summed E-state index contributed by atoms with van der Waals surface area (Å²) in [5.74, 6) is -0.0779. The number of nitrogens with one attached hydrogen (secondary N) is 1. The lowest BCUT2D eigenvalue weighted by atomic mass is 9.98. The number of thiol groups is 1. The molecule has 136 valence electrons. The normalized spacial score (nSPS) is 13.5. The Morgan fingerprint density at radius 2 is 1.65 bits per heavy atom. The Kier molecular flexibility index (Phi) is 5.83. The van der Waals surface area contributed by atoms with Crippen LogP contribution in [0.2, 0.25) is 0 Å². The summed E-state index contributed by atoms with van der Waals surface area (Å²) in [6.07, 6.45) is -0.260. The van der Waals surface area contributed by atoms with Crippen LogP contribution >= 0.6 is 12.6 Å². The Morgan fingerprint density at radius 3 is 2.19 bits per heavy atom. The molecule has 0 spiro atoms. The van der Waals surface area contributed by atoms with Crippen molar-refractivity contribution in [2.24, 2.45) is 0 Å². The van der Waals surface area contributed by atoms with Gasteiger partial charge in [-0.3, -0.25) is 0 Å². The van der Waals surface area contributed by atoms with Crippen molar-refractivity contribution in [2.75, 3.05) is 19.5 Å². The first-order valence-corrected chi connectivity index (χ1v) is 9.09. The van der Waals surface area contributed by atoms with Crippen molar-refractivity contribution < 1.29 is 19.1 Å². The second-order valence-electron chi connectivity index (χ2n) is 6.06. The van der Waals surface area contributed by atoms with Gasteiger partial charge in [-0.25, -0.2) is 9.59 Å². The number of methoxy groups -OCH3 is 1. The van der Waals surface area contributed by atoms with Gasteiger partial charge in [0.2, 0.25) is 0 Å². The van der Waals surface area contributed by atoms with Gasteiger partial charge in [0.05, 0.1) is 7.11 Å². The largest absolute Gasteiger partial charge is 0.467 e. The van der Waals surface area contributed by atoms with Gasteiger partial charge < -0.3 is 14.8 Å². The van der Waals surface area contributed by atoms with Gasteiger partial charge in [0, 0.05) is 5.92 Å². The monoisotopic (exact) mass is 371 g/mol. The molecule has 1 amide bonds. The van der Waals surface area contributed by atoms with Gasteiger partial charge in [-0.15, -0.1) is 0 Å². The maximum absolute atomic E-state index is 12.2. The number of ether oxygens (including phenoxy) is 2. The van der Waals surface area contributed by atoms with Crippen LogP contribution in [0.15, 0.2) is 48.5 Å². The van der Waals surface area contributed by atoms with Crippen molar-refractivity contribution >= 4 is 24.7 Å². The molecule has 1 N–H and O–H groups in total. The van der Waals surface area contributed by atoms with Gasteiger partial charge in [-0.2, -0.15) is 12.6 Å². The first-order chi connectivity index (χ1) is 12.7. The van der Waals surface area contributed by atoms with E-state index < -0.39 is 18.1 Å². The fourth-order valence-corrected chi connectivity index (χ4v) is 3.56. The molecule has 0 aliphatic heterocycles. The van der Waals surface area contributed by atoms with Crippen LogP contribution < -0.4 is 5.32 Å². The zero-order chi connectivity index (χ0) is 18.5. The Morgan fingerprint density at radius 1 is 1.08 bits per heavy atom. The summed E-state index contributed by atoms with van der Waals surface area (Å²) in [5.41, 5.74) is 4.61. The van der Waals surface area contributed by atoms with Gasteiger partial charge in [0.15, 0.2) is 0 Å². The van der Waals surface area contributed by atoms with E-state index in [0.717, 1.165) is 11.1 Å². The fourth-order valence-electron chi connectivity index (χ4n) is 3.30. The van der Waals surface area contributed by atoms with Gasteiger partial charge in [0.25, 0.3) is 0 Å². The van der Waals surface area contributed by atoms with E-state index in [9.17, 15) is 9.59 Å². The highest BCUT2D eigenvalue weighted by Gasteiger charge is 2.29. The summed E-state index contributed by atoms with van der Waals surface area (Å²) in [5, 5.41) is 2.56. The van der Waals surface area contributed by atoms with Crippen molar-refractivity contribution in [3.05, 3.63) is 59.7 Å². The molecule has 2 aromatic rings. The van der Waals surface area contributed by atoms with E-state index >= 15 is 0 Å². The van der Waals surface area contributed by atoms with Crippen molar-refractivity contribution in [3.8, 4) is 11.1 Å². The fraction of sp³-hybridized carbons (Fsp3) is 0.300. The number of carbonyl (C=O) groups is 2. The maximum atomic E-state index is 12.2. The predicted octanol–water partition coefficient (Wildman–Crippen LogP) is 3.39. The molecule has 0 saturated carbocycles. The molecule has 3 rings (SSSR count). The minimum absolute atomic E-state index is 0.0189. The topological polar surface area (TPSA) is 64.6 Å². The molecule has 0 heterocycles. The van der Waals surface area contributed by atoms with Crippen LogP contribution in [0, 0.1) is 0 Å². The molecule has 1 aliphatic rings. The third-order valence-electron chi connectivity index (χ3n) is 4.54. The number of hydrogen-bond donors (Lipinski definition) is 2. The minimum atomic E-state index is -0.756. The Bertz CT molecular complexity index is 762. The van der Waals surface area contributed by atoms with E-state index in [0.29, 0.717) is 12.2 Å². The first-order valence-electron chi connectivity index (χ1n) is 8.46. The summed E-state index contributed by atoms with van der Waals surface area (Å²) >= 11 is 4.10. The molecule has 1 atom stereocenters. The SMILES string of the molecule is COC(=O)[C@H](CCS)NC(=O)OCC1c2ccccc2-c2ccccc21. The van der Waals surface area contributed by atoms with E-state index in [1.165, 1.54) is 18.2 Å². The molecular weight excluding hydrogens is 350 g/mol. The molecule has 0 saturated heterocycles. The summed E-state index contributed by atoms with van der Waals surface area (Å²) < 4.78 is 10.1. The predicted molar refractivity (Wildman–Crippen MR) is 102 cm³/mol. The number of hydrogen-bond acceptors (Lipinski definition) is 5. The molecule has 0 fully saturated rings. The number of fused-ring (bicyclic) bond motifs is 3. The van der Waals surface area contributed by atoms with Crippen molar-refractivity contribution in [1.29, 1.82) is 0 Å². The van der Waals surface area contributed by atoms with Crippen LogP contribution in [0.1, 0.15) is 23.5 Å². The van der Waals surface area contributed by atoms with Crippen molar-refractivity contribution in [3.63, 3.8) is 0 Å². The van der Waals surface area contributed by atoms with E-state index in [1.54, 1.807) is 0 Å². The number of amides is 1. The van der Waals surface area contributed by atoms with E-state index in [1.807, 2.05) is 24.3 Å². The van der Waals surface area contributed by atoms with Crippen LogP contribution in [0.3, 0.4) is 0 Å². The molecule has 26 heavy (non-hydrogen) atoms. The van der Waals surface area contributed by atoms with Gasteiger partial charge in [-0.05, 0) is 34.4 Å². The summed E-state index contributed by atoms with van der Waals surface area (Å²) in [6, 6.07) is 15.5. The van der Waals surface area contributed by atoms with Crippen LogP contribution in [0.5, 0.6) is 0 Å². The molecule has 5 nitrogen and oxygen atoms in total. The van der Waals surface area contributed by atoms with Crippen LogP contribution in [-0.2, 0) is 14.3 Å². The lowest BCUT2D eigenvalue weighted by Crippen LogP contribution is -2.42. The first kappa shape index (κ1) is 18.3. The number of carbonyl (C=O) groups excluding carboxylic acids is 2. The lowest BCUT2D eigenvalue weighted by Gasteiger charge is -2.18. The summed E-state index contributed by atoms with van der Waals surface area (Å²) in [6.45, 7) is 0.203. The molecule has 0 aromatic heterocycles. The van der Waals surface area contributed by atoms with Crippen molar-refractivity contribution in [1.82, 2.24) is 5.32 Å². The molecule has 1 aliphatic carbocycles. The van der Waals surface area contributed by atoms with Crippen molar-refractivity contribution in [2.45, 2.75) is 18.4 Å². The summed E-state index contributed by atoms with van der Waals surface area (Å²) in [7, 11) is 1.28. The zero-order valence-corrected chi connectivity index (χ0v) is 15.4. The van der Waals surface area contributed by atoms with Crippen LogP contribution in [0.25, 0.3) is 11.1 Å². The van der Waals surface area contributed by atoms with Gasteiger partial charge >= 0.3 is 12.1 Å². The van der Waals surface area contributed by atoms with Gasteiger partial charge in [0.1, 0.15) is 12.6 Å². The molecule has 0 bridgehead atoms. The number of rotatable bonds is 6. The Hall–Kier alpha value is -2.47. The second kappa shape index (κ2) is 8.27. The second-order valence-corrected chi connectivity index (χ2v) is 6.51. The lowest BCUT2D eigenvalue weighted by molar-refractivity contribution is -0.143. The highest BCUT2D eigenvalue weighted by Crippen LogP contribution is 2.44. The number of benzene rings is 2. The van der Waals surface area contributed by atoms with Crippen LogP contribution in [-0.4, -0.2) is 37.6 Å². The summed E-state index contributed by atoms with van der Waals surface area (Å²) in [4.78, 5) is 23.9. The number of alkyl carbamates (subject to hydrolysis) is 1. The third-order valence-corrected chi connectivity index (χ3v) is 4.80. The molecule has 0 radical (unpaired) electrons. The minimum Gasteiger partial charge on any atom is -0.467 e. The smallest absolute Gasteiger partial charge is 0.407 e. The molecule has 0 unspecified atom stereocenters. The quantitative estimate of drug-likeness (QED) is 0.603. The average molecular weight is 371 g/mol. The maximum Gasteiger partial charge on any atom is 0.407 e. The number of esters is 1. The Balaban J connectivity index is 1.70. The third kappa shape index (κ3) is 3.70. The molecule has 6 heteroatoms. The van der Waals surface area contributed by atoms with E-state index in [2.05, 4.69) is 42.2 Å². The zero-order valence-electron chi connectivity index (χ0n) is 14.5. The highest BCUT2D eigenvalue weighted by molar-refractivity contribution is 7.80. The van der Waals surface area contributed by atoms with E-state index in [4.69, 9.17) is 9.47 Å².